The maximum Gasteiger partial charge on any atom is 0.339 e. The average molecular weight is 411 g/mol. The van der Waals surface area contributed by atoms with Crippen molar-refractivity contribution < 1.29 is 14.3 Å². The van der Waals surface area contributed by atoms with Gasteiger partial charge in [0.05, 0.1) is 34.6 Å². The number of carbonyl (C=O) groups excluding carboxylic acids is 2. The molecule has 7 nitrogen and oxygen atoms in total. The number of carbonyl (C=O) groups is 2. The molecule has 1 aliphatic rings. The van der Waals surface area contributed by atoms with Crippen molar-refractivity contribution in [3.63, 3.8) is 0 Å². The number of piperidine rings is 1. The van der Waals surface area contributed by atoms with Crippen LogP contribution in [-0.2, 0) is 4.74 Å². The fourth-order valence-electron chi connectivity index (χ4n) is 3.10. The predicted molar refractivity (Wildman–Crippen MR) is 104 cm³/mol. The summed E-state index contributed by atoms with van der Waals surface area (Å²) in [5, 5.41) is 3.61. The summed E-state index contributed by atoms with van der Waals surface area (Å²) in [5.74, 6) is -0.675. The summed E-state index contributed by atoms with van der Waals surface area (Å²) in [6.45, 7) is 3.23. The lowest BCUT2D eigenvalue weighted by Gasteiger charge is -2.33. The molecule has 1 aliphatic heterocycles. The molecule has 0 atom stereocenters. The molecule has 3 rings (SSSR count). The summed E-state index contributed by atoms with van der Waals surface area (Å²) in [5.41, 5.74) is 2.23. The van der Waals surface area contributed by atoms with E-state index in [1.165, 1.54) is 13.3 Å². The van der Waals surface area contributed by atoms with E-state index >= 15 is 0 Å². The number of aromatic nitrogens is 2. The number of halogens is 2. The first-order valence-electron chi connectivity index (χ1n) is 8.53. The second kappa shape index (κ2) is 8.19. The van der Waals surface area contributed by atoms with Crippen molar-refractivity contribution in [1.29, 1.82) is 0 Å². The summed E-state index contributed by atoms with van der Waals surface area (Å²) in [6, 6.07) is 1.80. The molecule has 1 fully saturated rings. The number of anilines is 1. The minimum absolute atomic E-state index is 0.0314. The zero-order valence-corrected chi connectivity index (χ0v) is 16.5. The van der Waals surface area contributed by atoms with Crippen molar-refractivity contribution >= 4 is 40.8 Å². The molecule has 0 saturated carbocycles. The predicted octanol–water partition coefficient (Wildman–Crippen LogP) is 3.21. The topological polar surface area (TPSA) is 87.3 Å². The molecule has 1 saturated heterocycles. The Kier molecular flexibility index (Phi) is 5.92. The largest absolute Gasteiger partial charge is 0.465 e. The van der Waals surface area contributed by atoms with Crippen molar-refractivity contribution in [2.24, 2.45) is 0 Å². The zero-order chi connectivity index (χ0) is 19.6. The van der Waals surface area contributed by atoms with Crippen LogP contribution in [0.1, 0.15) is 39.4 Å². The van der Waals surface area contributed by atoms with E-state index in [2.05, 4.69) is 20.2 Å². The summed E-state index contributed by atoms with van der Waals surface area (Å²) >= 11 is 12.1. The van der Waals surface area contributed by atoms with Gasteiger partial charge in [-0.25, -0.2) is 4.79 Å². The van der Waals surface area contributed by atoms with Crippen molar-refractivity contribution in [3.8, 4) is 0 Å². The van der Waals surface area contributed by atoms with E-state index in [-0.39, 0.29) is 22.7 Å². The van der Waals surface area contributed by atoms with Crippen molar-refractivity contribution in [2.45, 2.75) is 25.8 Å². The Morgan fingerprint density at radius 3 is 2.56 bits per heavy atom. The molecule has 0 bridgehead atoms. The molecule has 1 amide bonds. The van der Waals surface area contributed by atoms with E-state index in [1.807, 2.05) is 0 Å². The minimum Gasteiger partial charge on any atom is -0.465 e. The molecule has 3 heterocycles. The van der Waals surface area contributed by atoms with E-state index in [1.54, 1.807) is 19.2 Å². The number of ether oxygens (including phenoxy) is 1. The highest BCUT2D eigenvalue weighted by Crippen LogP contribution is 2.29. The van der Waals surface area contributed by atoms with E-state index < -0.39 is 5.97 Å². The Balaban J connectivity index is 1.60. The molecule has 144 valence electrons. The number of nitrogens with one attached hydrogen (secondary N) is 2. The number of methoxy groups -OCH3 is 1. The van der Waals surface area contributed by atoms with Crippen LogP contribution < -0.4 is 10.2 Å². The number of amides is 1. The van der Waals surface area contributed by atoms with Crippen LogP contribution in [0.4, 0.5) is 5.69 Å². The second-order valence-corrected chi connectivity index (χ2v) is 7.17. The SMILES string of the molecule is COC(=O)c1cncc(N2CCC(NC(=O)c3[nH]c(C)c(Cl)c3Cl)CC2)c1. The van der Waals surface area contributed by atoms with Gasteiger partial charge in [0, 0.05) is 31.0 Å². The summed E-state index contributed by atoms with van der Waals surface area (Å²) < 4.78 is 4.73. The minimum atomic E-state index is -0.414. The fraction of sp³-hybridized carbons (Fsp3) is 0.389. The van der Waals surface area contributed by atoms with Gasteiger partial charge >= 0.3 is 5.97 Å². The summed E-state index contributed by atoms with van der Waals surface area (Å²) in [7, 11) is 1.34. The molecule has 0 aliphatic carbocycles. The van der Waals surface area contributed by atoms with Crippen LogP contribution in [0.15, 0.2) is 18.5 Å². The van der Waals surface area contributed by atoms with Crippen LogP contribution in [0.2, 0.25) is 10.0 Å². The van der Waals surface area contributed by atoms with Crippen LogP contribution in [0.3, 0.4) is 0 Å². The first kappa shape index (κ1) is 19.5. The number of H-pyrrole nitrogens is 1. The molecule has 2 N–H and O–H groups in total. The van der Waals surface area contributed by atoms with Crippen molar-refractivity contribution in [2.75, 3.05) is 25.1 Å². The molecular formula is C18H20Cl2N4O3. The van der Waals surface area contributed by atoms with Gasteiger partial charge < -0.3 is 19.9 Å². The Labute approximate surface area is 167 Å². The van der Waals surface area contributed by atoms with Crippen molar-refractivity contribution in [1.82, 2.24) is 15.3 Å². The highest BCUT2D eigenvalue weighted by molar-refractivity contribution is 6.44. The molecular weight excluding hydrogens is 391 g/mol. The molecule has 2 aromatic rings. The van der Waals surface area contributed by atoms with Crippen LogP contribution in [0, 0.1) is 6.92 Å². The molecule has 0 aromatic carbocycles. The Bertz CT molecular complexity index is 860. The van der Waals surface area contributed by atoms with Gasteiger partial charge in [-0.15, -0.1) is 0 Å². The number of pyridine rings is 1. The number of aromatic amines is 1. The third-order valence-electron chi connectivity index (χ3n) is 4.62. The number of aryl methyl sites for hydroxylation is 1. The van der Waals surface area contributed by atoms with E-state index in [4.69, 9.17) is 27.9 Å². The average Bonchev–Trinajstić information content (AvgIpc) is 2.95. The number of esters is 1. The maximum absolute atomic E-state index is 12.4. The second-order valence-electron chi connectivity index (χ2n) is 6.41. The van der Waals surface area contributed by atoms with Gasteiger partial charge in [0.1, 0.15) is 5.69 Å². The van der Waals surface area contributed by atoms with Crippen LogP contribution in [-0.4, -0.2) is 48.1 Å². The number of nitrogens with zero attached hydrogens (tertiary/aromatic N) is 2. The van der Waals surface area contributed by atoms with Gasteiger partial charge in [-0.05, 0) is 25.8 Å². The van der Waals surface area contributed by atoms with E-state index in [9.17, 15) is 9.59 Å². The van der Waals surface area contributed by atoms with Gasteiger partial charge in [-0.3, -0.25) is 9.78 Å². The first-order valence-corrected chi connectivity index (χ1v) is 9.29. The lowest BCUT2D eigenvalue weighted by Crippen LogP contribution is -2.45. The van der Waals surface area contributed by atoms with E-state index in [0.717, 1.165) is 31.6 Å². The molecule has 27 heavy (non-hydrogen) atoms. The Morgan fingerprint density at radius 2 is 1.96 bits per heavy atom. The van der Waals surface area contributed by atoms with Crippen LogP contribution in [0.5, 0.6) is 0 Å². The molecule has 0 radical (unpaired) electrons. The van der Waals surface area contributed by atoms with Gasteiger partial charge in [0.2, 0.25) is 0 Å². The Hall–Kier alpha value is -2.25. The van der Waals surface area contributed by atoms with Gasteiger partial charge in [0.25, 0.3) is 5.91 Å². The standard InChI is InChI=1S/C18H20Cl2N4O3/c1-10-14(19)15(20)16(22-10)17(25)23-12-3-5-24(6-4-12)13-7-11(8-21-9-13)18(26)27-2/h7-9,12,22H,3-6H2,1-2H3,(H,23,25). The van der Waals surface area contributed by atoms with Crippen LogP contribution in [0.25, 0.3) is 0 Å². The molecule has 0 spiro atoms. The third-order valence-corrected chi connectivity index (χ3v) is 5.57. The van der Waals surface area contributed by atoms with Crippen LogP contribution >= 0.6 is 23.2 Å². The van der Waals surface area contributed by atoms with Gasteiger partial charge in [-0.2, -0.15) is 0 Å². The molecule has 2 aromatic heterocycles. The highest BCUT2D eigenvalue weighted by atomic mass is 35.5. The summed E-state index contributed by atoms with van der Waals surface area (Å²) in [6.07, 6.45) is 4.73. The van der Waals surface area contributed by atoms with E-state index in [0.29, 0.717) is 16.3 Å². The highest BCUT2D eigenvalue weighted by Gasteiger charge is 2.24. The monoisotopic (exact) mass is 410 g/mol. The molecule has 9 heteroatoms. The smallest absolute Gasteiger partial charge is 0.339 e. The van der Waals surface area contributed by atoms with Gasteiger partial charge in [0.15, 0.2) is 0 Å². The first-order chi connectivity index (χ1) is 12.9. The zero-order valence-electron chi connectivity index (χ0n) is 15.0. The number of hydrogen-bond donors (Lipinski definition) is 2. The number of rotatable bonds is 4. The Morgan fingerprint density at radius 1 is 1.26 bits per heavy atom. The quantitative estimate of drug-likeness (QED) is 0.755. The maximum atomic E-state index is 12.4. The fourth-order valence-corrected chi connectivity index (χ4v) is 3.51. The van der Waals surface area contributed by atoms with Gasteiger partial charge in [-0.1, -0.05) is 23.2 Å². The third kappa shape index (κ3) is 4.20. The normalized spacial score (nSPS) is 14.9. The van der Waals surface area contributed by atoms with Crippen molar-refractivity contribution in [3.05, 3.63) is 45.5 Å². The lowest BCUT2D eigenvalue weighted by molar-refractivity contribution is 0.0600. The summed E-state index contributed by atoms with van der Waals surface area (Å²) in [4.78, 5) is 33.3. The number of hydrogen-bond acceptors (Lipinski definition) is 5. The lowest BCUT2D eigenvalue weighted by atomic mass is 10.0. The molecule has 0 unspecified atom stereocenters.